The number of hydrogen-bond donors (Lipinski definition) is 0. The highest BCUT2D eigenvalue weighted by atomic mass is 14.7. The molecule has 0 aliphatic rings. The molecule has 0 heterocycles. The molecule has 0 aromatic carbocycles. The number of hydrogen-bond acceptors (Lipinski definition) is 1. The van der Waals surface area contributed by atoms with Gasteiger partial charge in [0.05, 0.1) is 5.70 Å². The molecule has 0 aromatic rings. The highest BCUT2D eigenvalue weighted by Gasteiger charge is 1.93. The lowest BCUT2D eigenvalue weighted by atomic mass is 10.1. The highest BCUT2D eigenvalue weighted by molar-refractivity contribution is 5.38. The first-order valence-electron chi connectivity index (χ1n) is 4.23. The maximum atomic E-state index is 3.81. The first kappa shape index (κ1) is 13.5. The fourth-order valence-electron chi connectivity index (χ4n) is 0.575. The lowest BCUT2D eigenvalue weighted by Gasteiger charge is -1.99. The molecule has 0 bridgehead atoms. The van der Waals surface area contributed by atoms with E-state index in [-0.39, 0.29) is 0 Å². The molecule has 12 heavy (non-hydrogen) atoms. The third-order valence-corrected chi connectivity index (χ3v) is 1.24. The second-order valence-electron chi connectivity index (χ2n) is 1.90. The molecular weight excluding hydrogens is 146 g/mol. The van der Waals surface area contributed by atoms with Crippen LogP contribution in [0, 0.1) is 0 Å². The van der Waals surface area contributed by atoms with Crippen LogP contribution >= 0.6 is 0 Å². The van der Waals surface area contributed by atoms with Crippen LogP contribution in [0.25, 0.3) is 0 Å². The standard InChI is InChI=1S/C9H13N.C2H6/c1-5-7-9(10-4)8(3)6-2;1-2/h5,7H,1,3-4,6H2,2H3;1-2H3/b9-7-;. The number of nitrogens with zero attached hydrogens (tertiary/aromatic N) is 1. The normalized spacial score (nSPS) is 9.42. The van der Waals surface area contributed by atoms with Crippen molar-refractivity contribution in [3.05, 3.63) is 36.6 Å². The molecule has 0 amide bonds. The highest BCUT2D eigenvalue weighted by Crippen LogP contribution is 2.11. The van der Waals surface area contributed by atoms with Gasteiger partial charge in [0.2, 0.25) is 0 Å². The average Bonchev–Trinajstić information content (AvgIpc) is 2.16. The Kier molecular flexibility index (Phi) is 11.1. The predicted molar refractivity (Wildman–Crippen MR) is 58.6 cm³/mol. The van der Waals surface area contributed by atoms with E-state index in [0.29, 0.717) is 0 Å². The summed E-state index contributed by atoms with van der Waals surface area (Å²) in [6, 6.07) is 0. The molecule has 0 fully saturated rings. The maximum Gasteiger partial charge on any atom is 0.0648 e. The average molecular weight is 165 g/mol. The SMILES string of the molecule is C=C/C=C(\N=C)C(=C)CC.CC. The van der Waals surface area contributed by atoms with Crippen molar-refractivity contribution in [2.45, 2.75) is 27.2 Å². The predicted octanol–water partition coefficient (Wildman–Crippen LogP) is 3.75. The van der Waals surface area contributed by atoms with Gasteiger partial charge in [0, 0.05) is 0 Å². The van der Waals surface area contributed by atoms with Crippen LogP contribution in [0.2, 0.25) is 0 Å². The van der Waals surface area contributed by atoms with E-state index >= 15 is 0 Å². The smallest absolute Gasteiger partial charge is 0.0648 e. The molecule has 0 radical (unpaired) electrons. The van der Waals surface area contributed by atoms with Gasteiger partial charge in [-0.2, -0.15) is 0 Å². The van der Waals surface area contributed by atoms with Gasteiger partial charge in [0.25, 0.3) is 0 Å². The van der Waals surface area contributed by atoms with Crippen molar-refractivity contribution in [2.24, 2.45) is 4.99 Å². The lowest BCUT2D eigenvalue weighted by Crippen LogP contribution is -1.80. The topological polar surface area (TPSA) is 12.4 Å². The van der Waals surface area contributed by atoms with Crippen molar-refractivity contribution >= 4 is 6.72 Å². The second kappa shape index (κ2) is 9.89. The summed E-state index contributed by atoms with van der Waals surface area (Å²) in [5, 5.41) is 0. The third-order valence-electron chi connectivity index (χ3n) is 1.24. The maximum absolute atomic E-state index is 3.81. The van der Waals surface area contributed by atoms with Crippen molar-refractivity contribution in [2.75, 3.05) is 0 Å². The van der Waals surface area contributed by atoms with E-state index in [1.807, 2.05) is 20.8 Å². The first-order chi connectivity index (χ1) is 5.76. The Morgan fingerprint density at radius 3 is 2.17 bits per heavy atom. The second-order valence-corrected chi connectivity index (χ2v) is 1.90. The quantitative estimate of drug-likeness (QED) is 0.444. The molecule has 1 heteroatoms. The summed E-state index contributed by atoms with van der Waals surface area (Å²) in [5.74, 6) is 0. The van der Waals surface area contributed by atoms with Gasteiger partial charge in [0.15, 0.2) is 0 Å². The van der Waals surface area contributed by atoms with E-state index in [1.165, 1.54) is 0 Å². The minimum atomic E-state index is 0.831. The summed E-state index contributed by atoms with van der Waals surface area (Å²) in [4.78, 5) is 3.79. The zero-order valence-corrected chi connectivity index (χ0v) is 8.43. The van der Waals surface area contributed by atoms with Gasteiger partial charge in [-0.05, 0) is 24.8 Å². The van der Waals surface area contributed by atoms with E-state index in [1.54, 1.807) is 12.2 Å². The van der Waals surface area contributed by atoms with E-state index < -0.39 is 0 Å². The van der Waals surface area contributed by atoms with Crippen LogP contribution in [0.15, 0.2) is 41.6 Å². The molecule has 1 nitrogen and oxygen atoms in total. The number of allylic oxidation sites excluding steroid dienone is 3. The summed E-state index contributed by atoms with van der Waals surface area (Å²) in [6.45, 7) is 16.8. The number of rotatable bonds is 4. The van der Waals surface area contributed by atoms with Gasteiger partial charge in [0.1, 0.15) is 0 Å². The molecular formula is C11H19N. The van der Waals surface area contributed by atoms with Gasteiger partial charge in [-0.1, -0.05) is 40.0 Å². The van der Waals surface area contributed by atoms with Gasteiger partial charge >= 0.3 is 0 Å². The Balaban J connectivity index is 0. The van der Waals surface area contributed by atoms with Crippen molar-refractivity contribution in [3.8, 4) is 0 Å². The summed E-state index contributed by atoms with van der Waals surface area (Å²) in [7, 11) is 0. The summed E-state index contributed by atoms with van der Waals surface area (Å²) in [5.41, 5.74) is 1.83. The lowest BCUT2D eigenvalue weighted by molar-refractivity contribution is 1.10. The van der Waals surface area contributed by atoms with Crippen LogP contribution < -0.4 is 0 Å². The zero-order valence-electron chi connectivity index (χ0n) is 8.43. The molecule has 0 aliphatic heterocycles. The molecule has 0 aliphatic carbocycles. The Labute approximate surface area is 76.2 Å². The molecule has 0 atom stereocenters. The largest absolute Gasteiger partial charge is 0.264 e. The molecule has 68 valence electrons. The van der Waals surface area contributed by atoms with Crippen LogP contribution in [0.3, 0.4) is 0 Å². The van der Waals surface area contributed by atoms with Crippen LogP contribution in [0.4, 0.5) is 0 Å². The van der Waals surface area contributed by atoms with Crippen molar-refractivity contribution in [1.29, 1.82) is 0 Å². The van der Waals surface area contributed by atoms with Crippen LogP contribution in [-0.4, -0.2) is 6.72 Å². The van der Waals surface area contributed by atoms with Crippen molar-refractivity contribution in [1.82, 2.24) is 0 Å². The molecule has 0 aromatic heterocycles. The molecule has 0 saturated heterocycles. The summed E-state index contributed by atoms with van der Waals surface area (Å²) >= 11 is 0. The Bertz CT molecular complexity index is 175. The van der Waals surface area contributed by atoms with Gasteiger partial charge in [-0.3, -0.25) is 4.99 Å². The van der Waals surface area contributed by atoms with E-state index in [2.05, 4.69) is 24.9 Å². The van der Waals surface area contributed by atoms with Crippen LogP contribution in [0.5, 0.6) is 0 Å². The van der Waals surface area contributed by atoms with Gasteiger partial charge in [-0.25, -0.2) is 0 Å². The Morgan fingerprint density at radius 1 is 1.42 bits per heavy atom. The summed E-state index contributed by atoms with van der Waals surface area (Å²) < 4.78 is 0. The molecule has 0 unspecified atom stereocenters. The van der Waals surface area contributed by atoms with Gasteiger partial charge in [-0.15, -0.1) is 0 Å². The fourth-order valence-corrected chi connectivity index (χ4v) is 0.575. The Morgan fingerprint density at radius 2 is 1.92 bits per heavy atom. The minimum Gasteiger partial charge on any atom is -0.264 e. The molecule has 0 spiro atoms. The molecule has 0 N–H and O–H groups in total. The number of aliphatic imine (C=N–C) groups is 1. The summed E-state index contributed by atoms with van der Waals surface area (Å²) in [6.07, 6.45) is 4.39. The molecule has 0 rings (SSSR count). The monoisotopic (exact) mass is 165 g/mol. The van der Waals surface area contributed by atoms with Crippen molar-refractivity contribution < 1.29 is 0 Å². The van der Waals surface area contributed by atoms with Crippen molar-refractivity contribution in [3.63, 3.8) is 0 Å². The van der Waals surface area contributed by atoms with E-state index in [4.69, 9.17) is 0 Å². The first-order valence-corrected chi connectivity index (χ1v) is 4.23. The van der Waals surface area contributed by atoms with E-state index in [9.17, 15) is 0 Å². The van der Waals surface area contributed by atoms with Gasteiger partial charge < -0.3 is 0 Å². The van der Waals surface area contributed by atoms with Crippen LogP contribution in [0.1, 0.15) is 27.2 Å². The zero-order chi connectivity index (χ0) is 9.98. The van der Waals surface area contributed by atoms with E-state index in [0.717, 1.165) is 17.7 Å². The molecule has 0 saturated carbocycles. The fraction of sp³-hybridized carbons (Fsp3) is 0.364. The Hall–Kier alpha value is -1.11. The minimum absolute atomic E-state index is 0.831. The van der Waals surface area contributed by atoms with Crippen LogP contribution in [-0.2, 0) is 0 Å². The third kappa shape index (κ3) is 5.66.